The molecule has 1 aliphatic heterocycles. The average Bonchev–Trinajstić information content (AvgIpc) is 2.68. The van der Waals surface area contributed by atoms with Crippen LogP contribution in [0.15, 0.2) is 48.5 Å². The summed E-state index contributed by atoms with van der Waals surface area (Å²) in [4.78, 5) is 13.4. The molecule has 1 heterocycles. The molecule has 0 fully saturated rings. The number of hydrogen-bond acceptors (Lipinski definition) is 4. The van der Waals surface area contributed by atoms with Crippen LogP contribution in [0.4, 0.5) is 0 Å². The molecule has 3 rings (SSSR count). The molecule has 1 N–H and O–H groups in total. The van der Waals surface area contributed by atoms with Gasteiger partial charge in [0.15, 0.2) is 11.5 Å². The number of carboxylic acids is 1. The maximum absolute atomic E-state index is 11.1. The second-order valence-electron chi connectivity index (χ2n) is 6.29. The lowest BCUT2D eigenvalue weighted by Crippen LogP contribution is -2.28. The maximum Gasteiger partial charge on any atom is 0.335 e. The first-order valence-electron chi connectivity index (χ1n) is 8.56. The fourth-order valence-corrected chi connectivity index (χ4v) is 3.21. The van der Waals surface area contributed by atoms with Crippen molar-refractivity contribution < 1.29 is 19.4 Å². The summed E-state index contributed by atoms with van der Waals surface area (Å²) >= 11 is 0. The Morgan fingerprint density at radius 2 is 1.92 bits per heavy atom. The van der Waals surface area contributed by atoms with Gasteiger partial charge in [0.05, 0.1) is 19.8 Å². The van der Waals surface area contributed by atoms with E-state index in [0.717, 1.165) is 48.7 Å². The number of ether oxygens (including phenoxy) is 2. The zero-order valence-electron chi connectivity index (χ0n) is 15.1. The molecule has 0 radical (unpaired) electrons. The van der Waals surface area contributed by atoms with Gasteiger partial charge >= 0.3 is 5.97 Å². The van der Waals surface area contributed by atoms with Crippen molar-refractivity contribution in [3.8, 4) is 11.5 Å². The Morgan fingerprint density at radius 1 is 1.12 bits per heavy atom. The molecule has 26 heavy (non-hydrogen) atoms. The third-order valence-corrected chi connectivity index (χ3v) is 4.63. The lowest BCUT2D eigenvalue weighted by molar-refractivity contribution is 0.0696. The van der Waals surface area contributed by atoms with E-state index in [4.69, 9.17) is 14.6 Å². The van der Waals surface area contributed by atoms with Crippen molar-refractivity contribution in [1.29, 1.82) is 0 Å². The van der Waals surface area contributed by atoms with Crippen LogP contribution in [0, 0.1) is 0 Å². The van der Waals surface area contributed by atoms with Gasteiger partial charge in [-0.15, -0.1) is 0 Å². The highest BCUT2D eigenvalue weighted by Gasteiger charge is 2.15. The Hall–Kier alpha value is -2.79. The molecular formula is C21H23NO4. The van der Waals surface area contributed by atoms with Crippen molar-refractivity contribution in [3.63, 3.8) is 0 Å². The van der Waals surface area contributed by atoms with Gasteiger partial charge in [0.25, 0.3) is 0 Å². The van der Waals surface area contributed by atoms with E-state index in [1.54, 1.807) is 32.4 Å². The van der Waals surface area contributed by atoms with Gasteiger partial charge in [0.1, 0.15) is 0 Å². The van der Waals surface area contributed by atoms with E-state index in [9.17, 15) is 4.79 Å². The second kappa shape index (κ2) is 8.06. The van der Waals surface area contributed by atoms with Crippen molar-refractivity contribution in [1.82, 2.24) is 4.90 Å². The molecular weight excluding hydrogens is 330 g/mol. The third-order valence-electron chi connectivity index (χ3n) is 4.63. The lowest BCUT2D eigenvalue weighted by atomic mass is 9.98. The Morgan fingerprint density at radius 3 is 2.58 bits per heavy atom. The normalized spacial score (nSPS) is 14.6. The molecule has 5 heteroatoms. The lowest BCUT2D eigenvalue weighted by Gasteiger charge is -2.27. The van der Waals surface area contributed by atoms with Crippen LogP contribution in [0.25, 0.3) is 5.57 Å². The van der Waals surface area contributed by atoms with Gasteiger partial charge in [-0.25, -0.2) is 4.79 Å². The summed E-state index contributed by atoms with van der Waals surface area (Å²) in [5, 5.41) is 9.11. The minimum atomic E-state index is -0.888. The quantitative estimate of drug-likeness (QED) is 0.858. The van der Waals surface area contributed by atoms with Gasteiger partial charge in [-0.1, -0.05) is 24.3 Å². The van der Waals surface area contributed by atoms with Crippen LogP contribution in [-0.2, 0) is 6.54 Å². The molecule has 0 atom stereocenters. The first-order valence-corrected chi connectivity index (χ1v) is 8.56. The summed E-state index contributed by atoms with van der Waals surface area (Å²) in [5.74, 6) is 0.576. The molecule has 0 saturated carbocycles. The van der Waals surface area contributed by atoms with Crippen LogP contribution in [-0.4, -0.2) is 43.3 Å². The topological polar surface area (TPSA) is 59.0 Å². The van der Waals surface area contributed by atoms with Crippen LogP contribution in [0.1, 0.15) is 27.9 Å². The summed E-state index contributed by atoms with van der Waals surface area (Å²) in [6, 6.07) is 13.1. The van der Waals surface area contributed by atoms with Gasteiger partial charge in [0, 0.05) is 19.6 Å². The smallest absolute Gasteiger partial charge is 0.335 e. The second-order valence-corrected chi connectivity index (χ2v) is 6.29. The van der Waals surface area contributed by atoms with E-state index < -0.39 is 5.97 Å². The molecule has 2 aromatic carbocycles. The Balaban J connectivity index is 1.69. The van der Waals surface area contributed by atoms with Crippen molar-refractivity contribution in [2.24, 2.45) is 0 Å². The molecule has 5 nitrogen and oxygen atoms in total. The minimum Gasteiger partial charge on any atom is -0.493 e. The van der Waals surface area contributed by atoms with Gasteiger partial charge in [0.2, 0.25) is 0 Å². The molecule has 0 aliphatic carbocycles. The summed E-state index contributed by atoms with van der Waals surface area (Å²) in [6.07, 6.45) is 3.17. The van der Waals surface area contributed by atoms with Crippen molar-refractivity contribution >= 4 is 11.5 Å². The number of carbonyl (C=O) groups is 1. The van der Waals surface area contributed by atoms with Crippen molar-refractivity contribution in [2.45, 2.75) is 13.0 Å². The van der Waals surface area contributed by atoms with Gasteiger partial charge < -0.3 is 14.6 Å². The summed E-state index contributed by atoms with van der Waals surface area (Å²) < 4.78 is 10.7. The van der Waals surface area contributed by atoms with Crippen LogP contribution >= 0.6 is 0 Å². The molecule has 2 aromatic rings. The van der Waals surface area contributed by atoms with Crippen LogP contribution < -0.4 is 9.47 Å². The molecule has 0 spiro atoms. The summed E-state index contributed by atoms with van der Waals surface area (Å²) in [7, 11) is 3.28. The monoisotopic (exact) mass is 353 g/mol. The number of methoxy groups -OCH3 is 2. The summed E-state index contributed by atoms with van der Waals surface area (Å²) in [5.41, 5.74) is 3.80. The van der Waals surface area contributed by atoms with Crippen molar-refractivity contribution in [2.75, 3.05) is 27.3 Å². The molecule has 136 valence electrons. The van der Waals surface area contributed by atoms with Gasteiger partial charge in [-0.05, 0) is 47.4 Å². The molecule has 0 aromatic heterocycles. The largest absolute Gasteiger partial charge is 0.493 e. The fraction of sp³-hybridized carbons (Fsp3) is 0.286. The van der Waals surface area contributed by atoms with Crippen LogP contribution in [0.5, 0.6) is 11.5 Å². The third kappa shape index (κ3) is 4.06. The van der Waals surface area contributed by atoms with E-state index >= 15 is 0 Å². The number of hydrogen-bond donors (Lipinski definition) is 1. The van der Waals surface area contributed by atoms with E-state index in [1.807, 2.05) is 18.2 Å². The number of aromatic carboxylic acids is 1. The summed E-state index contributed by atoms with van der Waals surface area (Å²) in [6.45, 7) is 2.51. The number of rotatable bonds is 6. The minimum absolute atomic E-state index is 0.334. The molecule has 0 unspecified atom stereocenters. The molecule has 1 aliphatic rings. The number of nitrogens with zero attached hydrogens (tertiary/aromatic N) is 1. The SMILES string of the molecule is COc1ccc(C2=CCN(Cc3cccc(C(=O)O)c3)CC2)cc1OC. The highest BCUT2D eigenvalue weighted by atomic mass is 16.5. The Labute approximate surface area is 153 Å². The van der Waals surface area contributed by atoms with E-state index in [-0.39, 0.29) is 0 Å². The standard InChI is InChI=1S/C21H23NO4/c1-25-19-7-6-17(13-20(19)26-2)16-8-10-22(11-9-16)14-15-4-3-5-18(12-15)21(23)24/h3-8,12-13H,9-11,14H2,1-2H3,(H,23,24). The first-order chi connectivity index (χ1) is 12.6. The zero-order chi connectivity index (χ0) is 18.5. The highest BCUT2D eigenvalue weighted by molar-refractivity contribution is 5.87. The first kappa shape index (κ1) is 18.0. The van der Waals surface area contributed by atoms with Gasteiger partial charge in [-0.2, -0.15) is 0 Å². The molecule has 0 saturated heterocycles. The van der Waals surface area contributed by atoms with Crippen molar-refractivity contribution in [3.05, 3.63) is 65.2 Å². The highest BCUT2D eigenvalue weighted by Crippen LogP contribution is 2.32. The average molecular weight is 353 g/mol. The fourth-order valence-electron chi connectivity index (χ4n) is 3.21. The number of carboxylic acid groups (broad SMARTS) is 1. The molecule has 0 amide bonds. The van der Waals surface area contributed by atoms with E-state index in [0.29, 0.717) is 5.56 Å². The maximum atomic E-state index is 11.1. The van der Waals surface area contributed by atoms with Crippen LogP contribution in [0.2, 0.25) is 0 Å². The predicted molar refractivity (Wildman–Crippen MR) is 101 cm³/mol. The van der Waals surface area contributed by atoms with Gasteiger partial charge in [-0.3, -0.25) is 4.90 Å². The zero-order valence-corrected chi connectivity index (χ0v) is 15.1. The van der Waals surface area contributed by atoms with E-state index in [2.05, 4.69) is 17.0 Å². The molecule has 0 bridgehead atoms. The number of benzene rings is 2. The Kier molecular flexibility index (Phi) is 5.58. The van der Waals surface area contributed by atoms with Crippen LogP contribution in [0.3, 0.4) is 0 Å². The predicted octanol–water partition coefficient (Wildman–Crippen LogP) is 3.69. The van der Waals surface area contributed by atoms with E-state index in [1.165, 1.54) is 5.57 Å². The Bertz CT molecular complexity index is 829.